The molecule has 0 spiro atoms. The molecule has 2 heterocycles. The maximum Gasteiger partial charge on any atom is 0.151 e. The Bertz CT molecular complexity index is 412. The summed E-state index contributed by atoms with van der Waals surface area (Å²) in [5, 5.41) is 14.4. The smallest absolute Gasteiger partial charge is 0.151 e. The maximum absolute atomic E-state index is 11.8. The van der Waals surface area contributed by atoms with Crippen molar-refractivity contribution >= 4 is 9.84 Å². The second kappa shape index (κ2) is 4.74. The number of rotatable bonds is 3. The van der Waals surface area contributed by atoms with Gasteiger partial charge < -0.3 is 16.2 Å². The molecule has 6 heteroatoms. The highest BCUT2D eigenvalue weighted by Gasteiger charge is 2.58. The van der Waals surface area contributed by atoms with Crippen molar-refractivity contribution in [3.8, 4) is 0 Å². The van der Waals surface area contributed by atoms with Gasteiger partial charge in [0.05, 0.1) is 17.1 Å². The van der Waals surface area contributed by atoms with Crippen LogP contribution >= 0.6 is 0 Å². The number of nitrogens with one attached hydrogen (secondary N) is 1. The molecular formula is C12H24N2O3S. The van der Waals surface area contributed by atoms with Crippen LogP contribution in [0.3, 0.4) is 0 Å². The van der Waals surface area contributed by atoms with E-state index in [1.165, 1.54) is 0 Å². The van der Waals surface area contributed by atoms with Crippen LogP contribution in [0, 0.1) is 11.3 Å². The van der Waals surface area contributed by atoms with Gasteiger partial charge in [0.25, 0.3) is 0 Å². The first-order valence-electron chi connectivity index (χ1n) is 6.73. The van der Waals surface area contributed by atoms with Crippen LogP contribution in [0.2, 0.25) is 0 Å². The van der Waals surface area contributed by atoms with E-state index in [4.69, 9.17) is 5.73 Å². The third kappa shape index (κ3) is 2.09. The molecule has 0 aliphatic carbocycles. The second-order valence-electron chi connectivity index (χ2n) is 5.81. The fourth-order valence-electron chi connectivity index (χ4n) is 3.70. The minimum absolute atomic E-state index is 0.0451. The first-order chi connectivity index (χ1) is 8.39. The summed E-state index contributed by atoms with van der Waals surface area (Å²) in [6, 6.07) is 0. The molecule has 2 aliphatic rings. The summed E-state index contributed by atoms with van der Waals surface area (Å²) in [5.74, 6) is 0.294. The van der Waals surface area contributed by atoms with E-state index in [0.717, 1.165) is 19.5 Å². The van der Waals surface area contributed by atoms with Gasteiger partial charge in [0.1, 0.15) is 0 Å². The average Bonchev–Trinajstić information content (AvgIpc) is 2.67. The molecule has 2 rings (SSSR count). The lowest BCUT2D eigenvalue weighted by atomic mass is 9.61. The Morgan fingerprint density at radius 3 is 2.67 bits per heavy atom. The van der Waals surface area contributed by atoms with E-state index in [1.54, 1.807) is 0 Å². The van der Waals surface area contributed by atoms with Crippen molar-refractivity contribution in [2.45, 2.75) is 31.8 Å². The van der Waals surface area contributed by atoms with E-state index in [-0.39, 0.29) is 24.0 Å². The van der Waals surface area contributed by atoms with Gasteiger partial charge in [-0.15, -0.1) is 0 Å². The quantitative estimate of drug-likeness (QED) is 0.646. The average molecular weight is 276 g/mol. The topological polar surface area (TPSA) is 92.4 Å². The van der Waals surface area contributed by atoms with Crippen molar-refractivity contribution in [3.63, 3.8) is 0 Å². The first-order valence-corrected chi connectivity index (χ1v) is 8.55. The van der Waals surface area contributed by atoms with Crippen LogP contribution in [0.15, 0.2) is 0 Å². The van der Waals surface area contributed by atoms with Crippen LogP contribution in [0.5, 0.6) is 0 Å². The maximum atomic E-state index is 11.8. The summed E-state index contributed by atoms with van der Waals surface area (Å²) in [6.07, 6.45) is 1.93. The minimum atomic E-state index is -3.05. The van der Waals surface area contributed by atoms with E-state index in [9.17, 15) is 13.5 Å². The Morgan fingerprint density at radius 1 is 1.44 bits per heavy atom. The summed E-state index contributed by atoms with van der Waals surface area (Å²) in [5.41, 5.74) is 4.29. The van der Waals surface area contributed by atoms with Crippen molar-refractivity contribution in [3.05, 3.63) is 0 Å². The summed E-state index contributed by atoms with van der Waals surface area (Å²) in [7, 11) is -3.05. The summed E-state index contributed by atoms with van der Waals surface area (Å²) < 4.78 is 23.6. The molecule has 18 heavy (non-hydrogen) atoms. The van der Waals surface area contributed by atoms with Crippen molar-refractivity contribution < 1.29 is 13.5 Å². The minimum Gasteiger partial charge on any atom is -0.389 e. The van der Waals surface area contributed by atoms with E-state index < -0.39 is 20.9 Å². The largest absolute Gasteiger partial charge is 0.389 e. The first kappa shape index (κ1) is 14.2. The molecule has 0 aromatic carbocycles. The highest BCUT2D eigenvalue weighted by molar-refractivity contribution is 7.91. The van der Waals surface area contributed by atoms with Gasteiger partial charge in [0.2, 0.25) is 0 Å². The molecule has 0 aromatic rings. The second-order valence-corrected chi connectivity index (χ2v) is 7.99. The number of nitrogens with two attached hydrogens (primary N) is 1. The third-order valence-electron chi connectivity index (χ3n) is 4.94. The third-order valence-corrected chi connectivity index (χ3v) is 6.76. The van der Waals surface area contributed by atoms with Gasteiger partial charge in [-0.2, -0.15) is 0 Å². The van der Waals surface area contributed by atoms with Crippen LogP contribution in [0.1, 0.15) is 26.2 Å². The van der Waals surface area contributed by atoms with Gasteiger partial charge in [-0.25, -0.2) is 8.42 Å². The Balaban J connectivity index is 2.36. The zero-order valence-electron chi connectivity index (χ0n) is 11.0. The number of hydrogen-bond acceptors (Lipinski definition) is 5. The van der Waals surface area contributed by atoms with Crippen molar-refractivity contribution in [1.82, 2.24) is 5.32 Å². The lowest BCUT2D eigenvalue weighted by molar-refractivity contribution is -0.129. The van der Waals surface area contributed by atoms with Crippen molar-refractivity contribution in [2.24, 2.45) is 17.1 Å². The van der Waals surface area contributed by atoms with Gasteiger partial charge in [0.15, 0.2) is 9.84 Å². The van der Waals surface area contributed by atoms with Gasteiger partial charge in [0, 0.05) is 24.4 Å². The van der Waals surface area contributed by atoms with E-state index in [0.29, 0.717) is 12.8 Å². The van der Waals surface area contributed by atoms with Crippen LogP contribution in [-0.4, -0.2) is 50.3 Å². The Labute approximate surface area is 109 Å². The summed E-state index contributed by atoms with van der Waals surface area (Å²) in [4.78, 5) is 0. The number of aliphatic hydroxyl groups is 1. The number of hydrogen-bond donors (Lipinski definition) is 3. The van der Waals surface area contributed by atoms with Crippen molar-refractivity contribution in [2.75, 3.05) is 31.1 Å². The highest BCUT2D eigenvalue weighted by atomic mass is 32.2. The van der Waals surface area contributed by atoms with Crippen LogP contribution in [0.4, 0.5) is 0 Å². The normalized spacial score (nSPS) is 44.1. The molecule has 2 saturated heterocycles. The fourth-order valence-corrected chi connectivity index (χ4v) is 5.90. The number of piperidine rings is 1. The highest BCUT2D eigenvalue weighted by Crippen LogP contribution is 2.48. The lowest BCUT2D eigenvalue weighted by Gasteiger charge is -2.51. The van der Waals surface area contributed by atoms with Gasteiger partial charge in [-0.1, -0.05) is 6.92 Å². The molecule has 2 aliphatic heterocycles. The molecule has 0 aromatic heterocycles. The predicted octanol–water partition coefficient (Wildman–Crippen LogP) is -0.499. The van der Waals surface area contributed by atoms with E-state index >= 15 is 0 Å². The molecular weight excluding hydrogens is 252 g/mol. The summed E-state index contributed by atoms with van der Waals surface area (Å²) >= 11 is 0. The van der Waals surface area contributed by atoms with Gasteiger partial charge in [-0.05, 0) is 25.8 Å². The van der Waals surface area contributed by atoms with Crippen LogP contribution in [-0.2, 0) is 9.84 Å². The Kier molecular flexibility index (Phi) is 3.75. The fraction of sp³-hybridized carbons (Fsp3) is 1.00. The molecule has 106 valence electrons. The van der Waals surface area contributed by atoms with Crippen LogP contribution < -0.4 is 11.1 Å². The predicted molar refractivity (Wildman–Crippen MR) is 71.0 cm³/mol. The van der Waals surface area contributed by atoms with Crippen LogP contribution in [0.25, 0.3) is 0 Å². The molecule has 0 radical (unpaired) electrons. The van der Waals surface area contributed by atoms with E-state index in [2.05, 4.69) is 5.32 Å². The molecule has 0 bridgehead atoms. The zero-order chi connectivity index (χ0) is 13.4. The molecule has 3 unspecified atom stereocenters. The van der Waals surface area contributed by atoms with E-state index in [1.807, 2.05) is 6.92 Å². The summed E-state index contributed by atoms with van der Waals surface area (Å²) in [6.45, 7) is 3.76. The molecule has 0 amide bonds. The Morgan fingerprint density at radius 2 is 2.17 bits per heavy atom. The van der Waals surface area contributed by atoms with Crippen molar-refractivity contribution in [1.29, 1.82) is 0 Å². The standard InChI is InChI=1S/C12H24N2O3S/c1-2-10-7-14-5-3-12(10,15)11(8-13)4-6-18(16,17)9-11/h10,14-15H,2-9,13H2,1H3. The monoisotopic (exact) mass is 276 g/mol. The molecule has 3 atom stereocenters. The number of sulfone groups is 1. The SMILES string of the molecule is CCC1CNCCC1(O)C1(CN)CCS(=O)(=O)C1. The van der Waals surface area contributed by atoms with Gasteiger partial charge in [-0.3, -0.25) is 0 Å². The molecule has 4 N–H and O–H groups in total. The van der Waals surface area contributed by atoms with Gasteiger partial charge >= 0.3 is 0 Å². The lowest BCUT2D eigenvalue weighted by Crippen LogP contribution is -2.63. The molecule has 5 nitrogen and oxygen atoms in total. The zero-order valence-corrected chi connectivity index (χ0v) is 11.8. The molecule has 2 fully saturated rings. The Hall–Kier alpha value is -0.170. The molecule has 0 saturated carbocycles.